The van der Waals surface area contributed by atoms with Crippen LogP contribution in [0.1, 0.15) is 46.3 Å². The number of rotatable bonds is 5. The van der Waals surface area contributed by atoms with E-state index >= 15 is 0 Å². The summed E-state index contributed by atoms with van der Waals surface area (Å²) < 4.78 is 5.16. The zero-order valence-corrected chi connectivity index (χ0v) is 17.1. The van der Waals surface area contributed by atoms with Crippen molar-refractivity contribution in [1.82, 2.24) is 10.3 Å². The maximum absolute atomic E-state index is 12.7. The number of aryl methyl sites for hydroxylation is 1. The molecule has 0 radical (unpaired) electrons. The van der Waals surface area contributed by atoms with E-state index in [1.807, 2.05) is 24.3 Å². The zero-order chi connectivity index (χ0) is 19.7. The molecule has 6 heteroatoms. The van der Waals surface area contributed by atoms with Gasteiger partial charge >= 0.3 is 0 Å². The lowest BCUT2D eigenvalue weighted by Gasteiger charge is -2.22. The lowest BCUT2D eigenvalue weighted by Crippen LogP contribution is -2.22. The normalized spacial score (nSPS) is 16.0. The minimum Gasteiger partial charge on any atom is -0.497 e. The van der Waals surface area contributed by atoms with Gasteiger partial charge in [0.05, 0.1) is 12.8 Å². The monoisotopic (exact) mass is 395 g/mol. The Morgan fingerprint density at radius 2 is 2.14 bits per heavy atom. The van der Waals surface area contributed by atoms with Crippen LogP contribution in [0.3, 0.4) is 0 Å². The average Bonchev–Trinajstić information content (AvgIpc) is 3.06. The van der Waals surface area contributed by atoms with E-state index in [1.165, 1.54) is 35.4 Å². The number of hydrogen-bond donors (Lipinski definition) is 2. The van der Waals surface area contributed by atoms with Gasteiger partial charge in [0, 0.05) is 17.6 Å². The van der Waals surface area contributed by atoms with Crippen molar-refractivity contribution in [2.75, 3.05) is 12.8 Å². The number of benzene rings is 1. The summed E-state index contributed by atoms with van der Waals surface area (Å²) in [6.07, 6.45) is 4.46. The first kappa shape index (κ1) is 18.7. The molecule has 5 nitrogen and oxygen atoms in total. The van der Waals surface area contributed by atoms with Gasteiger partial charge < -0.3 is 15.8 Å². The molecule has 2 aromatic heterocycles. The maximum atomic E-state index is 12.7. The smallest absolute Gasteiger partial charge is 0.263 e. The summed E-state index contributed by atoms with van der Waals surface area (Å²) in [6, 6.07) is 9.80. The number of pyridine rings is 1. The van der Waals surface area contributed by atoms with Crippen molar-refractivity contribution < 1.29 is 9.53 Å². The first-order valence-electron chi connectivity index (χ1n) is 9.71. The van der Waals surface area contributed by atoms with Crippen molar-refractivity contribution in [3.8, 4) is 5.75 Å². The van der Waals surface area contributed by atoms with Gasteiger partial charge in [-0.2, -0.15) is 0 Å². The Kier molecular flexibility index (Phi) is 5.22. The number of aromatic nitrogens is 1. The van der Waals surface area contributed by atoms with Crippen molar-refractivity contribution in [3.63, 3.8) is 0 Å². The minimum absolute atomic E-state index is 0.152. The van der Waals surface area contributed by atoms with E-state index in [0.717, 1.165) is 40.3 Å². The van der Waals surface area contributed by atoms with Crippen LogP contribution in [0.15, 0.2) is 30.3 Å². The van der Waals surface area contributed by atoms with Gasteiger partial charge in [0.2, 0.25) is 0 Å². The molecule has 3 N–H and O–H groups in total. The van der Waals surface area contributed by atoms with E-state index in [0.29, 0.717) is 17.1 Å². The molecule has 2 heterocycles. The van der Waals surface area contributed by atoms with Crippen molar-refractivity contribution >= 4 is 33.1 Å². The molecule has 1 aliphatic carbocycles. The number of carbonyl (C=O) groups is 1. The molecule has 0 bridgehead atoms. The first-order valence-corrected chi connectivity index (χ1v) is 10.5. The Balaban J connectivity index is 1.54. The molecule has 1 aliphatic rings. The van der Waals surface area contributed by atoms with Crippen molar-refractivity contribution in [1.29, 1.82) is 0 Å². The standard InChI is InChI=1S/C22H25N3O2S/c1-3-13-6-9-18-15(10-13)11-17-19(23)20(28-22(17)25-18)21(26)24-12-14-4-7-16(27-2)8-5-14/h4-5,7-8,11,13H,3,6,9-10,12,23H2,1-2H3,(H,24,26). The molecule has 0 aliphatic heterocycles. The number of ether oxygens (including phenoxy) is 1. The quantitative estimate of drug-likeness (QED) is 0.674. The number of hydrogen-bond acceptors (Lipinski definition) is 5. The van der Waals surface area contributed by atoms with Gasteiger partial charge in [0.15, 0.2) is 0 Å². The molecule has 1 atom stereocenters. The summed E-state index contributed by atoms with van der Waals surface area (Å²) in [7, 11) is 1.63. The molecule has 146 valence electrons. The Bertz CT molecular complexity index is 1010. The second-order valence-corrected chi connectivity index (χ2v) is 8.34. The van der Waals surface area contributed by atoms with Crippen LogP contribution in [0.5, 0.6) is 5.75 Å². The lowest BCUT2D eigenvalue weighted by molar-refractivity contribution is 0.0956. The minimum atomic E-state index is -0.152. The van der Waals surface area contributed by atoms with Crippen LogP contribution < -0.4 is 15.8 Å². The lowest BCUT2D eigenvalue weighted by atomic mass is 9.85. The maximum Gasteiger partial charge on any atom is 0.263 e. The number of nitrogen functional groups attached to an aromatic ring is 1. The number of amides is 1. The van der Waals surface area contributed by atoms with Crippen molar-refractivity contribution in [3.05, 3.63) is 52.0 Å². The highest BCUT2D eigenvalue weighted by Crippen LogP contribution is 2.36. The Morgan fingerprint density at radius 3 is 2.86 bits per heavy atom. The van der Waals surface area contributed by atoms with Gasteiger partial charge in [0.25, 0.3) is 5.91 Å². The summed E-state index contributed by atoms with van der Waals surface area (Å²) in [5.74, 6) is 1.36. The molecule has 0 saturated heterocycles. The molecule has 3 aromatic rings. The van der Waals surface area contributed by atoms with Gasteiger partial charge in [-0.15, -0.1) is 11.3 Å². The predicted molar refractivity (Wildman–Crippen MR) is 114 cm³/mol. The highest BCUT2D eigenvalue weighted by Gasteiger charge is 2.23. The Hall–Kier alpha value is -2.60. The van der Waals surface area contributed by atoms with Crippen LogP contribution >= 0.6 is 11.3 Å². The van der Waals surface area contributed by atoms with E-state index in [2.05, 4.69) is 18.3 Å². The van der Waals surface area contributed by atoms with E-state index in [-0.39, 0.29) is 5.91 Å². The number of methoxy groups -OCH3 is 1. The SMILES string of the molecule is CCC1CCc2nc3sc(C(=O)NCc4ccc(OC)cc4)c(N)c3cc2C1. The summed E-state index contributed by atoms with van der Waals surface area (Å²) in [6.45, 7) is 2.68. The van der Waals surface area contributed by atoms with Gasteiger partial charge in [-0.25, -0.2) is 4.98 Å². The van der Waals surface area contributed by atoms with Gasteiger partial charge in [-0.05, 0) is 54.5 Å². The molecule has 1 aromatic carbocycles. The third kappa shape index (κ3) is 3.56. The molecule has 0 saturated carbocycles. The van der Waals surface area contributed by atoms with Gasteiger partial charge in [-0.1, -0.05) is 25.5 Å². The molecule has 0 fully saturated rings. The van der Waals surface area contributed by atoms with Crippen LogP contribution in [0.25, 0.3) is 10.2 Å². The van der Waals surface area contributed by atoms with Crippen LogP contribution in [0.2, 0.25) is 0 Å². The van der Waals surface area contributed by atoms with Crippen LogP contribution in [-0.2, 0) is 19.4 Å². The number of carbonyl (C=O) groups excluding carboxylic acids is 1. The highest BCUT2D eigenvalue weighted by molar-refractivity contribution is 7.21. The van der Waals surface area contributed by atoms with Crippen molar-refractivity contribution in [2.45, 2.75) is 39.2 Å². The third-order valence-electron chi connectivity index (χ3n) is 5.58. The van der Waals surface area contributed by atoms with E-state index in [9.17, 15) is 4.79 Å². The van der Waals surface area contributed by atoms with E-state index in [4.69, 9.17) is 15.5 Å². The summed E-state index contributed by atoms with van der Waals surface area (Å²) >= 11 is 1.38. The predicted octanol–water partition coefficient (Wildman–Crippen LogP) is 4.33. The molecule has 1 amide bonds. The highest BCUT2D eigenvalue weighted by atomic mass is 32.1. The fourth-order valence-electron chi connectivity index (χ4n) is 3.79. The van der Waals surface area contributed by atoms with Crippen LogP contribution in [-0.4, -0.2) is 18.0 Å². The topological polar surface area (TPSA) is 77.2 Å². The number of nitrogens with zero attached hydrogens (tertiary/aromatic N) is 1. The molecule has 28 heavy (non-hydrogen) atoms. The molecule has 4 rings (SSSR count). The Morgan fingerprint density at radius 1 is 1.36 bits per heavy atom. The fraction of sp³-hybridized carbons (Fsp3) is 0.364. The fourth-order valence-corrected chi connectivity index (χ4v) is 4.80. The molecular formula is C22H25N3O2S. The van der Waals surface area contributed by atoms with Gasteiger partial charge in [-0.3, -0.25) is 4.79 Å². The average molecular weight is 396 g/mol. The first-order chi connectivity index (χ1) is 13.6. The molecular weight excluding hydrogens is 370 g/mol. The molecule has 0 spiro atoms. The van der Waals surface area contributed by atoms with E-state index < -0.39 is 0 Å². The van der Waals surface area contributed by atoms with Crippen LogP contribution in [0, 0.1) is 5.92 Å². The zero-order valence-electron chi connectivity index (χ0n) is 16.2. The summed E-state index contributed by atoms with van der Waals surface area (Å²) in [5.41, 5.74) is 10.4. The molecule has 1 unspecified atom stereocenters. The number of anilines is 1. The number of nitrogens with one attached hydrogen (secondary N) is 1. The van der Waals surface area contributed by atoms with Crippen LogP contribution in [0.4, 0.5) is 5.69 Å². The number of fused-ring (bicyclic) bond motifs is 2. The van der Waals surface area contributed by atoms with Gasteiger partial charge in [0.1, 0.15) is 15.5 Å². The Labute approximate surface area is 168 Å². The summed E-state index contributed by atoms with van der Waals surface area (Å²) in [5, 5.41) is 3.88. The largest absolute Gasteiger partial charge is 0.497 e. The van der Waals surface area contributed by atoms with Crippen molar-refractivity contribution in [2.24, 2.45) is 5.92 Å². The number of thiophene rings is 1. The summed E-state index contributed by atoms with van der Waals surface area (Å²) in [4.78, 5) is 19.0. The number of nitrogens with two attached hydrogens (primary N) is 1. The second-order valence-electron chi connectivity index (χ2n) is 7.34. The second kappa shape index (κ2) is 7.80. The third-order valence-corrected chi connectivity index (χ3v) is 6.70. The van der Waals surface area contributed by atoms with E-state index in [1.54, 1.807) is 7.11 Å².